The summed E-state index contributed by atoms with van der Waals surface area (Å²) < 4.78 is 0. The zero-order chi connectivity index (χ0) is 10.4. The van der Waals surface area contributed by atoms with Crippen molar-refractivity contribution in [3.63, 3.8) is 0 Å². The van der Waals surface area contributed by atoms with Gasteiger partial charge in [0.25, 0.3) is 0 Å². The minimum Gasteiger partial charge on any atom is -0.396 e. The highest BCUT2D eigenvalue weighted by atomic mass is 32.1. The molecule has 2 N–H and O–H groups in total. The number of hydrogen-bond acceptors (Lipinski definition) is 4. The van der Waals surface area contributed by atoms with E-state index in [1.165, 1.54) is 0 Å². The maximum Gasteiger partial charge on any atom is 0.109 e. The Morgan fingerprint density at radius 2 is 2.36 bits per heavy atom. The van der Waals surface area contributed by atoms with Crippen molar-refractivity contribution in [1.82, 2.24) is 10.3 Å². The van der Waals surface area contributed by atoms with Gasteiger partial charge in [-0.3, -0.25) is 0 Å². The third kappa shape index (κ3) is 3.74. The Hall–Kier alpha value is -0.450. The Labute approximate surface area is 89.2 Å². The van der Waals surface area contributed by atoms with Gasteiger partial charge in [-0.05, 0) is 26.7 Å². The molecular formula is C10H18N2OS. The van der Waals surface area contributed by atoms with Crippen molar-refractivity contribution < 1.29 is 5.11 Å². The molecular weight excluding hydrogens is 196 g/mol. The van der Waals surface area contributed by atoms with Gasteiger partial charge in [0.15, 0.2) is 0 Å². The van der Waals surface area contributed by atoms with E-state index in [9.17, 15) is 0 Å². The van der Waals surface area contributed by atoms with Gasteiger partial charge in [0.1, 0.15) is 5.01 Å². The topological polar surface area (TPSA) is 45.1 Å². The van der Waals surface area contributed by atoms with E-state index in [-0.39, 0.29) is 6.61 Å². The number of nitrogens with one attached hydrogen (secondary N) is 1. The number of aromatic nitrogens is 1. The first-order valence-electron chi connectivity index (χ1n) is 5.00. The standard InChI is InChI=1S/C10H18N2OS/c1-8(4-3-6-13)12-9(2)10-11-5-7-14-10/h5,7-9,12-13H,3-4,6H2,1-2H3/t8-,9+/m0/s1. The van der Waals surface area contributed by atoms with Crippen LogP contribution in [0.5, 0.6) is 0 Å². The van der Waals surface area contributed by atoms with Crippen LogP contribution >= 0.6 is 11.3 Å². The fourth-order valence-corrected chi connectivity index (χ4v) is 2.08. The summed E-state index contributed by atoms with van der Waals surface area (Å²) in [6.45, 7) is 4.53. The van der Waals surface area contributed by atoms with E-state index in [0.717, 1.165) is 17.8 Å². The van der Waals surface area contributed by atoms with Crippen molar-refractivity contribution in [2.75, 3.05) is 6.61 Å². The quantitative estimate of drug-likeness (QED) is 0.761. The van der Waals surface area contributed by atoms with Crippen LogP contribution in [0.1, 0.15) is 37.7 Å². The molecule has 1 aromatic heterocycles. The molecule has 3 nitrogen and oxygen atoms in total. The highest BCUT2D eigenvalue weighted by Crippen LogP contribution is 2.15. The molecule has 1 aromatic rings. The predicted molar refractivity (Wildman–Crippen MR) is 59.4 cm³/mol. The number of thiazole rings is 1. The first-order valence-corrected chi connectivity index (χ1v) is 5.88. The molecule has 4 heteroatoms. The van der Waals surface area contributed by atoms with Gasteiger partial charge in [-0.1, -0.05) is 0 Å². The van der Waals surface area contributed by atoms with Crippen LogP contribution in [0, 0.1) is 0 Å². The van der Waals surface area contributed by atoms with E-state index in [2.05, 4.69) is 24.1 Å². The molecule has 0 amide bonds. The van der Waals surface area contributed by atoms with E-state index >= 15 is 0 Å². The highest BCUT2D eigenvalue weighted by Gasteiger charge is 2.10. The first-order chi connectivity index (χ1) is 6.74. The predicted octanol–water partition coefficient (Wildman–Crippen LogP) is 1.95. The average molecular weight is 214 g/mol. The van der Waals surface area contributed by atoms with Crippen LogP contribution in [0.25, 0.3) is 0 Å². The Bertz CT molecular complexity index is 238. The Kier molecular flexibility index (Phi) is 5.07. The number of rotatable bonds is 6. The molecule has 2 atom stereocenters. The number of nitrogens with zero attached hydrogens (tertiary/aromatic N) is 1. The fraction of sp³-hybridized carbons (Fsp3) is 0.700. The third-order valence-electron chi connectivity index (χ3n) is 2.15. The van der Waals surface area contributed by atoms with E-state index < -0.39 is 0 Å². The molecule has 0 unspecified atom stereocenters. The largest absolute Gasteiger partial charge is 0.396 e. The number of hydrogen-bond donors (Lipinski definition) is 2. The molecule has 0 aromatic carbocycles. The lowest BCUT2D eigenvalue weighted by molar-refractivity contribution is 0.274. The summed E-state index contributed by atoms with van der Waals surface area (Å²) in [5.41, 5.74) is 0. The second kappa shape index (κ2) is 6.11. The van der Waals surface area contributed by atoms with Crippen molar-refractivity contribution in [2.24, 2.45) is 0 Å². The second-order valence-electron chi connectivity index (χ2n) is 3.53. The Morgan fingerprint density at radius 3 is 2.93 bits per heavy atom. The molecule has 0 aliphatic carbocycles. The van der Waals surface area contributed by atoms with Crippen LogP contribution < -0.4 is 5.32 Å². The van der Waals surface area contributed by atoms with Gasteiger partial charge in [0.2, 0.25) is 0 Å². The molecule has 14 heavy (non-hydrogen) atoms. The van der Waals surface area contributed by atoms with Crippen molar-refractivity contribution in [3.8, 4) is 0 Å². The van der Waals surface area contributed by atoms with Gasteiger partial charge in [0, 0.05) is 24.2 Å². The van der Waals surface area contributed by atoms with E-state index in [0.29, 0.717) is 12.1 Å². The zero-order valence-electron chi connectivity index (χ0n) is 8.73. The number of aliphatic hydroxyl groups excluding tert-OH is 1. The third-order valence-corrected chi connectivity index (χ3v) is 3.11. The molecule has 80 valence electrons. The smallest absolute Gasteiger partial charge is 0.109 e. The minimum atomic E-state index is 0.275. The van der Waals surface area contributed by atoms with Gasteiger partial charge in [-0.15, -0.1) is 11.3 Å². The molecule has 0 radical (unpaired) electrons. The van der Waals surface area contributed by atoms with Gasteiger partial charge < -0.3 is 10.4 Å². The lowest BCUT2D eigenvalue weighted by Gasteiger charge is -2.17. The summed E-state index contributed by atoms with van der Waals surface area (Å²) >= 11 is 1.67. The molecule has 0 bridgehead atoms. The monoisotopic (exact) mass is 214 g/mol. The maximum atomic E-state index is 8.70. The molecule has 0 spiro atoms. The van der Waals surface area contributed by atoms with Gasteiger partial charge in [-0.2, -0.15) is 0 Å². The lowest BCUT2D eigenvalue weighted by Crippen LogP contribution is -2.28. The normalized spacial score (nSPS) is 15.4. The van der Waals surface area contributed by atoms with E-state index in [1.807, 2.05) is 11.6 Å². The Balaban J connectivity index is 2.29. The molecule has 0 saturated heterocycles. The SMILES string of the molecule is C[C@@H](CCCO)N[C@H](C)c1nccs1. The first kappa shape index (κ1) is 11.6. The number of aliphatic hydroxyl groups is 1. The fourth-order valence-electron chi connectivity index (χ4n) is 1.43. The zero-order valence-corrected chi connectivity index (χ0v) is 9.55. The summed E-state index contributed by atoms with van der Waals surface area (Å²) in [6, 6.07) is 0.741. The van der Waals surface area contributed by atoms with Gasteiger partial charge in [-0.25, -0.2) is 4.98 Å². The van der Waals surface area contributed by atoms with Crippen molar-refractivity contribution in [3.05, 3.63) is 16.6 Å². The van der Waals surface area contributed by atoms with E-state index in [1.54, 1.807) is 11.3 Å². The molecule has 0 saturated carbocycles. The molecule has 0 aliphatic heterocycles. The van der Waals surface area contributed by atoms with Crippen LogP contribution in [0.3, 0.4) is 0 Å². The van der Waals surface area contributed by atoms with Crippen LogP contribution in [-0.2, 0) is 0 Å². The van der Waals surface area contributed by atoms with Gasteiger partial charge >= 0.3 is 0 Å². The van der Waals surface area contributed by atoms with Crippen LogP contribution in [-0.4, -0.2) is 22.7 Å². The van der Waals surface area contributed by atoms with E-state index in [4.69, 9.17) is 5.11 Å². The second-order valence-corrected chi connectivity index (χ2v) is 4.45. The van der Waals surface area contributed by atoms with Crippen LogP contribution in [0.15, 0.2) is 11.6 Å². The minimum absolute atomic E-state index is 0.275. The summed E-state index contributed by atoms with van der Waals surface area (Å²) in [7, 11) is 0. The van der Waals surface area contributed by atoms with Crippen molar-refractivity contribution in [2.45, 2.75) is 38.8 Å². The summed E-state index contributed by atoms with van der Waals surface area (Å²) in [6.07, 6.45) is 3.70. The summed E-state index contributed by atoms with van der Waals surface area (Å²) in [4.78, 5) is 4.26. The lowest BCUT2D eigenvalue weighted by atomic mass is 10.1. The van der Waals surface area contributed by atoms with Crippen LogP contribution in [0.4, 0.5) is 0 Å². The molecule has 1 heterocycles. The summed E-state index contributed by atoms with van der Waals surface area (Å²) in [5, 5.41) is 15.3. The highest BCUT2D eigenvalue weighted by molar-refractivity contribution is 7.09. The average Bonchev–Trinajstić information content (AvgIpc) is 2.67. The van der Waals surface area contributed by atoms with Gasteiger partial charge in [0.05, 0.1) is 6.04 Å². The molecule has 1 rings (SSSR count). The van der Waals surface area contributed by atoms with Crippen molar-refractivity contribution in [1.29, 1.82) is 0 Å². The summed E-state index contributed by atoms with van der Waals surface area (Å²) in [5.74, 6) is 0. The Morgan fingerprint density at radius 1 is 1.57 bits per heavy atom. The molecule has 0 fully saturated rings. The molecule has 0 aliphatic rings. The van der Waals surface area contributed by atoms with Crippen molar-refractivity contribution >= 4 is 11.3 Å². The van der Waals surface area contributed by atoms with Crippen LogP contribution in [0.2, 0.25) is 0 Å². The maximum absolute atomic E-state index is 8.70.